The van der Waals surface area contributed by atoms with E-state index in [0.717, 1.165) is 0 Å². The van der Waals surface area contributed by atoms with Crippen LogP contribution in [0.25, 0.3) is 0 Å². The molecule has 0 spiro atoms. The van der Waals surface area contributed by atoms with Crippen molar-refractivity contribution in [1.29, 1.82) is 10.8 Å². The van der Waals surface area contributed by atoms with Crippen molar-refractivity contribution in [3.8, 4) is 0 Å². The topological polar surface area (TPSA) is 47.7 Å². The number of nitrogens with one attached hydrogen (secondary N) is 2. The molecule has 0 aliphatic carbocycles. The first kappa shape index (κ1) is 8.86. The van der Waals surface area contributed by atoms with Gasteiger partial charge in [-0.2, -0.15) is 0 Å². The predicted octanol–water partition coefficient (Wildman–Crippen LogP) is -0.598. The summed E-state index contributed by atoms with van der Waals surface area (Å²) >= 11 is 0. The Morgan fingerprint density at radius 1 is 1.25 bits per heavy atom. The molecule has 0 aromatic heterocycles. The van der Waals surface area contributed by atoms with Crippen LogP contribution in [-0.2, 0) is 0 Å². The summed E-state index contributed by atoms with van der Waals surface area (Å²) in [5, 5.41) is 11.2. The van der Waals surface area contributed by atoms with Crippen molar-refractivity contribution in [2.24, 2.45) is 0 Å². The van der Waals surface area contributed by atoms with Gasteiger partial charge >= 0.3 is 26.6 Å². The first-order chi connectivity index (χ1) is 1.41. The van der Waals surface area contributed by atoms with Gasteiger partial charge in [0.15, 0.2) is 0 Å². The van der Waals surface area contributed by atoms with E-state index in [2.05, 4.69) is 0 Å². The molecule has 0 atom stereocenters. The molecule has 2 nitrogen and oxygen atoms in total. The summed E-state index contributed by atoms with van der Waals surface area (Å²) in [7, 11) is 0. The number of hydrogen-bond acceptors (Lipinski definition) is 2. The molecule has 0 saturated carbocycles. The normalized spacial score (nSPS) is 2.00. The molecule has 2 N–H and O–H groups in total. The van der Waals surface area contributed by atoms with Crippen LogP contribution in [0.3, 0.4) is 0 Å². The van der Waals surface area contributed by atoms with Gasteiger partial charge in [0.1, 0.15) is 0 Å². The van der Waals surface area contributed by atoms with Gasteiger partial charge in [0.25, 0.3) is 0 Å². The van der Waals surface area contributed by atoms with E-state index in [9.17, 15) is 0 Å². The van der Waals surface area contributed by atoms with Crippen molar-refractivity contribution < 1.29 is 0 Å². The molecule has 4 heavy (non-hydrogen) atoms. The van der Waals surface area contributed by atoms with Gasteiger partial charge in [0.2, 0.25) is 0 Å². The molecule has 0 aliphatic rings. The maximum atomic E-state index is 5.62. The Kier molecular flexibility index (Phi) is 23.1. The van der Waals surface area contributed by atoms with Gasteiger partial charge < -0.3 is 0 Å². The zero-order chi connectivity index (χ0) is 2.71. The van der Waals surface area contributed by atoms with E-state index in [-0.39, 0.29) is 26.6 Å². The Morgan fingerprint density at radius 2 is 1.25 bits per heavy atom. The molecular weight excluding hydrogens is 249 g/mol. The Morgan fingerprint density at radius 3 is 1.25 bits per heavy atom. The van der Waals surface area contributed by atoms with Crippen molar-refractivity contribution in [3.63, 3.8) is 0 Å². The molecule has 0 saturated heterocycles. The molecule has 0 rings (SSSR count). The van der Waals surface area contributed by atoms with E-state index in [4.69, 9.17) is 10.8 Å². The number of hydrogen-bond donors (Lipinski definition) is 2. The second-order valence-corrected chi connectivity index (χ2v) is 0.125. The summed E-state index contributed by atoms with van der Waals surface area (Å²) in [4.78, 5) is 0. The van der Waals surface area contributed by atoms with Crippen LogP contribution in [0, 0.1) is 10.8 Å². The van der Waals surface area contributed by atoms with Gasteiger partial charge in [-0.15, -0.1) is 0 Å². The fourth-order valence-electron chi connectivity index (χ4n) is 0. The third kappa shape index (κ3) is 48.6. The second-order valence-electron chi connectivity index (χ2n) is 0.125. The Labute approximate surface area is 43.7 Å². The van der Waals surface area contributed by atoms with E-state index in [1.165, 1.54) is 6.01 Å². The molecule has 0 radical (unpaired) electrons. The molecular formula is CH4N2Po. The molecule has 24 valence electrons. The van der Waals surface area contributed by atoms with Gasteiger partial charge in [0.05, 0.1) is 6.01 Å². The molecule has 0 fully saturated rings. The van der Waals surface area contributed by atoms with E-state index in [1.54, 1.807) is 0 Å². The van der Waals surface area contributed by atoms with Crippen LogP contribution < -0.4 is 0 Å². The Hall–Kier alpha value is 0.276. The van der Waals surface area contributed by atoms with Crippen LogP contribution in [-0.4, -0.2) is 32.6 Å². The van der Waals surface area contributed by atoms with Gasteiger partial charge in [-0.3, -0.25) is 0 Å². The van der Waals surface area contributed by atoms with Crippen molar-refractivity contribution in [3.05, 3.63) is 0 Å². The van der Waals surface area contributed by atoms with Crippen molar-refractivity contribution in [1.82, 2.24) is 0 Å². The fourth-order valence-corrected chi connectivity index (χ4v) is 0. The SMILES string of the molecule is N=C=N.[PoH2]. The van der Waals surface area contributed by atoms with Gasteiger partial charge in [-0.05, 0) is 0 Å². The minimum atomic E-state index is 0. The van der Waals surface area contributed by atoms with Gasteiger partial charge in [-0.25, -0.2) is 10.8 Å². The van der Waals surface area contributed by atoms with Gasteiger partial charge in [-0.1, -0.05) is 0 Å². The van der Waals surface area contributed by atoms with Crippen LogP contribution in [0.4, 0.5) is 0 Å². The summed E-state index contributed by atoms with van der Waals surface area (Å²) in [6.07, 6.45) is 0. The molecule has 0 amide bonds. The monoisotopic (exact) mass is 253 g/mol. The first-order valence-electron chi connectivity index (χ1n) is 0.500. The van der Waals surface area contributed by atoms with Crippen LogP contribution in [0.2, 0.25) is 0 Å². The minimum absolute atomic E-state index is 0. The van der Waals surface area contributed by atoms with Crippen LogP contribution in [0.1, 0.15) is 0 Å². The summed E-state index contributed by atoms with van der Waals surface area (Å²) < 4.78 is 0. The molecule has 0 aromatic rings. The molecule has 0 heterocycles. The summed E-state index contributed by atoms with van der Waals surface area (Å²) in [5.74, 6) is 0. The quantitative estimate of drug-likeness (QED) is 0.542. The third-order valence-electron chi connectivity index (χ3n) is 0. The molecule has 0 aliphatic heterocycles. The van der Waals surface area contributed by atoms with E-state index in [1.807, 2.05) is 0 Å². The summed E-state index contributed by atoms with van der Waals surface area (Å²) in [5.41, 5.74) is 0. The first-order valence-corrected chi connectivity index (χ1v) is 0.500. The van der Waals surface area contributed by atoms with E-state index in [0.29, 0.717) is 0 Å². The third-order valence-corrected chi connectivity index (χ3v) is 0. The zero-order valence-corrected chi connectivity index (χ0v) is 5.89. The molecule has 3 heteroatoms. The van der Waals surface area contributed by atoms with Crippen LogP contribution >= 0.6 is 0 Å². The standard InChI is InChI=1S/CH2N2.Po.2H/c2-1-3;;;/h2-3H;;;. The predicted molar refractivity (Wildman–Crippen MR) is 19.0 cm³/mol. The van der Waals surface area contributed by atoms with Gasteiger partial charge in [0, 0.05) is 0 Å². The van der Waals surface area contributed by atoms with Crippen molar-refractivity contribution >= 4 is 32.6 Å². The Balaban J connectivity index is 0. The van der Waals surface area contributed by atoms with E-state index < -0.39 is 0 Å². The Bertz CT molecular complexity index is 27.0. The van der Waals surface area contributed by atoms with E-state index >= 15 is 0 Å². The molecule has 0 unspecified atom stereocenters. The van der Waals surface area contributed by atoms with Crippen LogP contribution in [0.5, 0.6) is 0 Å². The molecule has 0 aromatic carbocycles. The van der Waals surface area contributed by atoms with Crippen LogP contribution in [0.15, 0.2) is 0 Å². The number of rotatable bonds is 0. The average Bonchev–Trinajstić information content (AvgIpc) is 0.918. The second kappa shape index (κ2) is 10.4. The maximum absolute atomic E-state index is 5.62. The summed E-state index contributed by atoms with van der Waals surface area (Å²) in [6.45, 7) is 0. The van der Waals surface area contributed by atoms with Crippen molar-refractivity contribution in [2.45, 2.75) is 0 Å². The summed E-state index contributed by atoms with van der Waals surface area (Å²) in [6, 6.07) is 1.25. The average molecular weight is 253 g/mol. The molecule has 0 bridgehead atoms. The van der Waals surface area contributed by atoms with Crippen molar-refractivity contribution in [2.75, 3.05) is 0 Å². The zero-order valence-electron chi connectivity index (χ0n) is 2.00. The fraction of sp³-hybridized carbons (Fsp3) is 0.